The second-order valence-corrected chi connectivity index (χ2v) is 8.03. The molecule has 0 saturated carbocycles. The Labute approximate surface area is 194 Å². The van der Waals surface area contributed by atoms with Gasteiger partial charge in [0.2, 0.25) is 0 Å². The first-order valence-electron chi connectivity index (χ1n) is 10.6. The maximum Gasteiger partial charge on any atom is 0.194 e. The van der Waals surface area contributed by atoms with Gasteiger partial charge in [-0.3, -0.25) is 9.89 Å². The molecule has 0 aliphatic carbocycles. The molecule has 0 amide bonds. The number of nitrogens with zero attached hydrogens (tertiary/aromatic N) is 6. The summed E-state index contributed by atoms with van der Waals surface area (Å²) in [5, 5.41) is 12.1. The molecule has 30 heavy (non-hydrogen) atoms. The van der Waals surface area contributed by atoms with Gasteiger partial charge in [-0.2, -0.15) is 0 Å². The third kappa shape index (κ3) is 4.33. The van der Waals surface area contributed by atoms with Gasteiger partial charge in [0.1, 0.15) is 5.82 Å². The molecular weight excluding hydrogens is 493 g/mol. The summed E-state index contributed by atoms with van der Waals surface area (Å²) in [6.07, 6.45) is 2.42. The third-order valence-electron chi connectivity index (χ3n) is 6.25. The van der Waals surface area contributed by atoms with Crippen molar-refractivity contribution in [3.63, 3.8) is 0 Å². The number of ether oxygens (including phenoxy) is 1. The van der Waals surface area contributed by atoms with Crippen molar-refractivity contribution in [3.05, 3.63) is 47.5 Å². The highest BCUT2D eigenvalue weighted by Gasteiger charge is 2.41. The Morgan fingerprint density at radius 2 is 2.07 bits per heavy atom. The molecule has 9 heteroatoms. The number of benzene rings is 1. The Kier molecular flexibility index (Phi) is 6.89. The summed E-state index contributed by atoms with van der Waals surface area (Å²) >= 11 is 0. The molecule has 5 rings (SSSR count). The minimum atomic E-state index is 0. The second-order valence-electron chi connectivity index (χ2n) is 8.03. The highest BCUT2D eigenvalue weighted by molar-refractivity contribution is 14.0. The molecule has 1 N–H and O–H groups in total. The standard InChI is InChI=1S/C21H29N7O.HI/c1-22-21(23-12-20-25-24-19-8-5-9-28(19)20)27-14-17-18(15-27)29-11-10-26(17)13-16-6-3-2-4-7-16;/h2-4,6-7,17-18H,5,8-15H2,1H3,(H,22,23);1H. The Morgan fingerprint density at radius 3 is 2.90 bits per heavy atom. The monoisotopic (exact) mass is 523 g/mol. The molecule has 4 heterocycles. The second kappa shape index (κ2) is 9.61. The lowest BCUT2D eigenvalue weighted by atomic mass is 10.1. The topological polar surface area (TPSA) is 70.8 Å². The minimum Gasteiger partial charge on any atom is -0.373 e. The first-order chi connectivity index (χ1) is 14.3. The summed E-state index contributed by atoms with van der Waals surface area (Å²) in [6.45, 7) is 6.20. The van der Waals surface area contributed by atoms with Crippen LogP contribution in [0.4, 0.5) is 0 Å². The first-order valence-corrected chi connectivity index (χ1v) is 10.6. The molecule has 8 nitrogen and oxygen atoms in total. The lowest BCUT2D eigenvalue weighted by molar-refractivity contribution is -0.0502. The fourth-order valence-electron chi connectivity index (χ4n) is 4.78. The minimum absolute atomic E-state index is 0. The van der Waals surface area contributed by atoms with E-state index in [1.807, 2.05) is 7.05 Å². The maximum absolute atomic E-state index is 6.11. The quantitative estimate of drug-likeness (QED) is 0.372. The van der Waals surface area contributed by atoms with Crippen LogP contribution in [-0.4, -0.2) is 76.0 Å². The smallest absolute Gasteiger partial charge is 0.194 e. The van der Waals surface area contributed by atoms with Gasteiger partial charge in [-0.15, -0.1) is 34.2 Å². The van der Waals surface area contributed by atoms with Crippen LogP contribution >= 0.6 is 24.0 Å². The SMILES string of the molecule is CN=C(NCc1nnc2n1CCC2)N1CC2OCCN(Cc3ccccc3)C2C1.I. The van der Waals surface area contributed by atoms with Crippen LogP contribution < -0.4 is 5.32 Å². The number of fused-ring (bicyclic) bond motifs is 2. The fraction of sp³-hybridized carbons (Fsp3) is 0.571. The molecule has 1 aromatic heterocycles. The van der Waals surface area contributed by atoms with Gasteiger partial charge in [-0.25, -0.2) is 0 Å². The van der Waals surface area contributed by atoms with E-state index < -0.39 is 0 Å². The van der Waals surface area contributed by atoms with Crippen LogP contribution in [0.1, 0.15) is 23.6 Å². The van der Waals surface area contributed by atoms with Crippen LogP contribution in [0.3, 0.4) is 0 Å². The van der Waals surface area contributed by atoms with E-state index in [0.29, 0.717) is 12.6 Å². The van der Waals surface area contributed by atoms with Gasteiger partial charge in [0.25, 0.3) is 0 Å². The fourth-order valence-corrected chi connectivity index (χ4v) is 4.78. The molecule has 3 aliphatic rings. The number of hydrogen-bond donors (Lipinski definition) is 1. The molecule has 0 spiro atoms. The molecule has 1 aromatic carbocycles. The van der Waals surface area contributed by atoms with Crippen molar-refractivity contribution in [2.45, 2.75) is 44.6 Å². The Morgan fingerprint density at radius 1 is 1.20 bits per heavy atom. The van der Waals surface area contributed by atoms with Gasteiger partial charge < -0.3 is 19.5 Å². The van der Waals surface area contributed by atoms with Crippen LogP contribution in [0.2, 0.25) is 0 Å². The van der Waals surface area contributed by atoms with Crippen molar-refractivity contribution in [1.82, 2.24) is 29.9 Å². The van der Waals surface area contributed by atoms with Gasteiger partial charge in [0.15, 0.2) is 11.8 Å². The number of nitrogens with one attached hydrogen (secondary N) is 1. The zero-order valence-electron chi connectivity index (χ0n) is 17.4. The van der Waals surface area contributed by atoms with Crippen molar-refractivity contribution in [2.24, 2.45) is 4.99 Å². The summed E-state index contributed by atoms with van der Waals surface area (Å²) < 4.78 is 8.34. The van der Waals surface area contributed by atoms with E-state index in [2.05, 4.69) is 65.2 Å². The molecular formula is C21H30IN7O. The third-order valence-corrected chi connectivity index (χ3v) is 6.25. The zero-order chi connectivity index (χ0) is 19.6. The van der Waals surface area contributed by atoms with E-state index in [1.54, 1.807) is 0 Å². The summed E-state index contributed by atoms with van der Waals surface area (Å²) in [4.78, 5) is 9.41. The normalized spacial score (nSPS) is 23.8. The van der Waals surface area contributed by atoms with Crippen LogP contribution in [0.5, 0.6) is 0 Å². The van der Waals surface area contributed by atoms with Crippen molar-refractivity contribution >= 4 is 29.9 Å². The van der Waals surface area contributed by atoms with Crippen LogP contribution in [0.15, 0.2) is 35.3 Å². The van der Waals surface area contributed by atoms with Crippen LogP contribution in [0.25, 0.3) is 0 Å². The van der Waals surface area contributed by atoms with Gasteiger partial charge >= 0.3 is 0 Å². The molecule has 2 aromatic rings. The van der Waals surface area contributed by atoms with Gasteiger partial charge in [-0.05, 0) is 12.0 Å². The number of aromatic nitrogens is 3. The number of aliphatic imine (C=N–C) groups is 1. The lowest BCUT2D eigenvalue weighted by Crippen LogP contribution is -2.50. The van der Waals surface area contributed by atoms with Gasteiger partial charge in [0.05, 0.1) is 25.3 Å². The number of aryl methyl sites for hydroxylation is 1. The summed E-state index contributed by atoms with van der Waals surface area (Å²) in [6, 6.07) is 11.1. The number of hydrogen-bond acceptors (Lipinski definition) is 5. The van der Waals surface area contributed by atoms with E-state index in [9.17, 15) is 0 Å². The summed E-state index contributed by atoms with van der Waals surface area (Å²) in [5.74, 6) is 3.02. The van der Waals surface area contributed by atoms with Crippen molar-refractivity contribution < 1.29 is 4.74 Å². The molecule has 2 unspecified atom stereocenters. The summed E-state index contributed by atoms with van der Waals surface area (Å²) in [7, 11) is 1.85. The average Bonchev–Trinajstić information content (AvgIpc) is 3.46. The van der Waals surface area contributed by atoms with Gasteiger partial charge in [0, 0.05) is 46.2 Å². The van der Waals surface area contributed by atoms with Crippen molar-refractivity contribution in [3.8, 4) is 0 Å². The summed E-state index contributed by atoms with van der Waals surface area (Å²) in [5.41, 5.74) is 1.36. The average molecular weight is 523 g/mol. The van der Waals surface area contributed by atoms with Gasteiger partial charge in [-0.1, -0.05) is 30.3 Å². The highest BCUT2D eigenvalue weighted by atomic mass is 127. The van der Waals surface area contributed by atoms with E-state index >= 15 is 0 Å². The predicted octanol–water partition coefficient (Wildman–Crippen LogP) is 1.50. The number of rotatable bonds is 4. The molecule has 2 saturated heterocycles. The molecule has 162 valence electrons. The Balaban J connectivity index is 0.00000218. The van der Waals surface area contributed by atoms with Crippen LogP contribution in [-0.2, 0) is 30.8 Å². The van der Waals surface area contributed by atoms with E-state index in [4.69, 9.17) is 4.74 Å². The molecule has 3 aliphatic heterocycles. The van der Waals surface area contributed by atoms with Crippen LogP contribution in [0, 0.1) is 0 Å². The highest BCUT2D eigenvalue weighted by Crippen LogP contribution is 2.25. The molecule has 0 radical (unpaired) electrons. The number of likely N-dealkylation sites (tertiary alicyclic amines) is 1. The molecule has 2 fully saturated rings. The van der Waals surface area contributed by atoms with E-state index in [1.165, 1.54) is 5.56 Å². The number of morpholine rings is 1. The molecule has 2 atom stereocenters. The Bertz CT molecular complexity index is 871. The first kappa shape index (κ1) is 21.5. The number of guanidine groups is 1. The lowest BCUT2D eigenvalue weighted by Gasteiger charge is -2.36. The van der Waals surface area contributed by atoms with E-state index in [-0.39, 0.29) is 30.1 Å². The van der Waals surface area contributed by atoms with E-state index in [0.717, 1.165) is 69.8 Å². The molecule has 0 bridgehead atoms. The number of halogens is 1. The zero-order valence-corrected chi connectivity index (χ0v) is 19.7. The van der Waals surface area contributed by atoms with Crippen molar-refractivity contribution in [1.29, 1.82) is 0 Å². The Hall–Kier alpha value is -1.72. The largest absolute Gasteiger partial charge is 0.373 e. The maximum atomic E-state index is 6.11. The predicted molar refractivity (Wildman–Crippen MR) is 126 cm³/mol. The van der Waals surface area contributed by atoms with Crippen molar-refractivity contribution in [2.75, 3.05) is 33.3 Å².